The van der Waals surface area contributed by atoms with Crippen molar-refractivity contribution < 1.29 is 4.74 Å². The molecule has 0 bridgehead atoms. The van der Waals surface area contributed by atoms with Gasteiger partial charge in [-0.3, -0.25) is 0 Å². The van der Waals surface area contributed by atoms with Gasteiger partial charge in [0.05, 0.1) is 12.7 Å². The van der Waals surface area contributed by atoms with E-state index in [1.165, 1.54) is 25.9 Å². The van der Waals surface area contributed by atoms with Crippen LogP contribution in [0.5, 0.6) is 0 Å². The van der Waals surface area contributed by atoms with Gasteiger partial charge in [0.25, 0.3) is 0 Å². The third kappa shape index (κ3) is 3.94. The van der Waals surface area contributed by atoms with Gasteiger partial charge < -0.3 is 14.5 Å². The first-order chi connectivity index (χ1) is 8.15. The molecule has 2 saturated heterocycles. The molecule has 2 fully saturated rings. The summed E-state index contributed by atoms with van der Waals surface area (Å²) in [5, 5.41) is 0. The molecule has 100 valence electrons. The second kappa shape index (κ2) is 6.17. The summed E-state index contributed by atoms with van der Waals surface area (Å²) in [5.41, 5.74) is 0. The summed E-state index contributed by atoms with van der Waals surface area (Å²) in [4.78, 5) is 4.98. The monoisotopic (exact) mass is 240 g/mol. The van der Waals surface area contributed by atoms with Crippen molar-refractivity contribution >= 4 is 0 Å². The largest absolute Gasteiger partial charge is 0.374 e. The standard InChI is InChI=1S/C14H28N2O/c1-12(2)13-4-6-16(7-5-13)11-14-10-15(3)8-9-17-14/h12-14H,4-11H2,1-3H3. The second-order valence-electron chi connectivity index (χ2n) is 6.14. The molecule has 1 atom stereocenters. The fraction of sp³-hybridized carbons (Fsp3) is 1.00. The summed E-state index contributed by atoms with van der Waals surface area (Å²) in [5.74, 6) is 1.80. The lowest BCUT2D eigenvalue weighted by Gasteiger charge is -2.38. The van der Waals surface area contributed by atoms with Gasteiger partial charge in [0.2, 0.25) is 0 Å². The molecule has 17 heavy (non-hydrogen) atoms. The lowest BCUT2D eigenvalue weighted by Crippen LogP contribution is -2.47. The van der Waals surface area contributed by atoms with Crippen molar-refractivity contribution in [1.29, 1.82) is 0 Å². The molecule has 0 saturated carbocycles. The number of ether oxygens (including phenoxy) is 1. The van der Waals surface area contributed by atoms with Crippen LogP contribution in [0.2, 0.25) is 0 Å². The molecular weight excluding hydrogens is 212 g/mol. The second-order valence-corrected chi connectivity index (χ2v) is 6.14. The van der Waals surface area contributed by atoms with E-state index in [4.69, 9.17) is 4.74 Å². The lowest BCUT2D eigenvalue weighted by atomic mass is 9.86. The zero-order valence-electron chi connectivity index (χ0n) is 11.7. The molecule has 0 aromatic heterocycles. The number of piperidine rings is 1. The first kappa shape index (κ1) is 13.3. The maximum atomic E-state index is 5.84. The van der Waals surface area contributed by atoms with Crippen LogP contribution in [0.4, 0.5) is 0 Å². The first-order valence-electron chi connectivity index (χ1n) is 7.17. The van der Waals surface area contributed by atoms with Crippen LogP contribution in [0.25, 0.3) is 0 Å². The Morgan fingerprint density at radius 2 is 1.88 bits per heavy atom. The normalized spacial score (nSPS) is 30.0. The number of likely N-dealkylation sites (N-methyl/N-ethyl adjacent to an activating group) is 1. The summed E-state index contributed by atoms with van der Waals surface area (Å²) in [6.45, 7) is 11.5. The van der Waals surface area contributed by atoms with Crippen molar-refractivity contribution in [3.63, 3.8) is 0 Å². The minimum Gasteiger partial charge on any atom is -0.374 e. The van der Waals surface area contributed by atoms with Crippen LogP contribution in [-0.2, 0) is 4.74 Å². The average Bonchev–Trinajstić information content (AvgIpc) is 2.29. The van der Waals surface area contributed by atoms with Crippen LogP contribution in [0, 0.1) is 11.8 Å². The fourth-order valence-corrected chi connectivity index (χ4v) is 3.07. The van der Waals surface area contributed by atoms with Crippen LogP contribution in [0.3, 0.4) is 0 Å². The van der Waals surface area contributed by atoms with Gasteiger partial charge in [0, 0.05) is 19.6 Å². The van der Waals surface area contributed by atoms with Crippen molar-refractivity contribution in [3.8, 4) is 0 Å². The highest BCUT2D eigenvalue weighted by Crippen LogP contribution is 2.24. The molecule has 0 aromatic carbocycles. The number of hydrogen-bond acceptors (Lipinski definition) is 3. The maximum absolute atomic E-state index is 5.84. The van der Waals surface area contributed by atoms with Gasteiger partial charge in [-0.05, 0) is 44.8 Å². The molecule has 0 aromatic rings. The van der Waals surface area contributed by atoms with Crippen molar-refractivity contribution in [1.82, 2.24) is 9.80 Å². The number of likely N-dealkylation sites (tertiary alicyclic amines) is 1. The average molecular weight is 240 g/mol. The maximum Gasteiger partial charge on any atom is 0.0829 e. The summed E-state index contributed by atoms with van der Waals surface area (Å²) in [6, 6.07) is 0. The minimum atomic E-state index is 0.435. The quantitative estimate of drug-likeness (QED) is 0.746. The molecule has 2 rings (SSSR count). The number of rotatable bonds is 3. The zero-order valence-corrected chi connectivity index (χ0v) is 11.7. The van der Waals surface area contributed by atoms with E-state index in [1.807, 2.05) is 0 Å². The van der Waals surface area contributed by atoms with E-state index in [0.717, 1.165) is 38.1 Å². The number of nitrogens with zero attached hydrogens (tertiary/aromatic N) is 2. The summed E-state index contributed by atoms with van der Waals surface area (Å²) in [7, 11) is 2.19. The number of morpholine rings is 1. The van der Waals surface area contributed by atoms with E-state index in [2.05, 4.69) is 30.7 Å². The van der Waals surface area contributed by atoms with Crippen molar-refractivity contribution in [2.75, 3.05) is 46.4 Å². The predicted molar refractivity (Wildman–Crippen MR) is 71.2 cm³/mol. The van der Waals surface area contributed by atoms with E-state index in [1.54, 1.807) is 0 Å². The van der Waals surface area contributed by atoms with Crippen molar-refractivity contribution in [3.05, 3.63) is 0 Å². The van der Waals surface area contributed by atoms with Gasteiger partial charge in [0.1, 0.15) is 0 Å². The molecule has 0 spiro atoms. The Kier molecular flexibility index (Phi) is 4.83. The summed E-state index contributed by atoms with van der Waals surface area (Å²) >= 11 is 0. The molecule has 3 nitrogen and oxygen atoms in total. The molecule has 2 aliphatic rings. The van der Waals surface area contributed by atoms with E-state index in [-0.39, 0.29) is 0 Å². The minimum absolute atomic E-state index is 0.435. The van der Waals surface area contributed by atoms with Crippen LogP contribution < -0.4 is 0 Å². The van der Waals surface area contributed by atoms with E-state index in [9.17, 15) is 0 Å². The zero-order chi connectivity index (χ0) is 12.3. The summed E-state index contributed by atoms with van der Waals surface area (Å²) < 4.78 is 5.84. The van der Waals surface area contributed by atoms with Crippen LogP contribution >= 0.6 is 0 Å². The molecular formula is C14H28N2O. The van der Waals surface area contributed by atoms with Gasteiger partial charge in [-0.2, -0.15) is 0 Å². The van der Waals surface area contributed by atoms with Gasteiger partial charge in [-0.25, -0.2) is 0 Å². The molecule has 2 heterocycles. The third-order valence-electron chi connectivity index (χ3n) is 4.38. The van der Waals surface area contributed by atoms with Gasteiger partial charge in [-0.15, -0.1) is 0 Å². The molecule has 3 heteroatoms. The Bertz CT molecular complexity index is 224. The van der Waals surface area contributed by atoms with Gasteiger partial charge in [0.15, 0.2) is 0 Å². The molecule has 0 aliphatic carbocycles. The smallest absolute Gasteiger partial charge is 0.0829 e. The van der Waals surface area contributed by atoms with Crippen molar-refractivity contribution in [2.24, 2.45) is 11.8 Å². The highest BCUT2D eigenvalue weighted by molar-refractivity contribution is 4.78. The molecule has 0 N–H and O–H groups in total. The lowest BCUT2D eigenvalue weighted by molar-refractivity contribution is -0.0401. The Morgan fingerprint density at radius 1 is 1.18 bits per heavy atom. The van der Waals surface area contributed by atoms with E-state index < -0.39 is 0 Å². The molecule has 1 unspecified atom stereocenters. The Hall–Kier alpha value is -0.120. The van der Waals surface area contributed by atoms with E-state index in [0.29, 0.717) is 6.10 Å². The van der Waals surface area contributed by atoms with Crippen LogP contribution in [0.1, 0.15) is 26.7 Å². The molecule has 2 aliphatic heterocycles. The van der Waals surface area contributed by atoms with E-state index >= 15 is 0 Å². The van der Waals surface area contributed by atoms with Gasteiger partial charge in [-0.1, -0.05) is 13.8 Å². The fourth-order valence-electron chi connectivity index (χ4n) is 3.07. The van der Waals surface area contributed by atoms with Crippen molar-refractivity contribution in [2.45, 2.75) is 32.8 Å². The number of hydrogen-bond donors (Lipinski definition) is 0. The van der Waals surface area contributed by atoms with Gasteiger partial charge >= 0.3 is 0 Å². The third-order valence-corrected chi connectivity index (χ3v) is 4.38. The van der Waals surface area contributed by atoms with Crippen LogP contribution in [0.15, 0.2) is 0 Å². The Balaban J connectivity index is 1.70. The topological polar surface area (TPSA) is 15.7 Å². The molecule has 0 amide bonds. The first-order valence-corrected chi connectivity index (χ1v) is 7.17. The summed E-state index contributed by atoms with van der Waals surface area (Å²) in [6.07, 6.45) is 3.19. The highest BCUT2D eigenvalue weighted by atomic mass is 16.5. The predicted octanol–water partition coefficient (Wildman–Crippen LogP) is 1.69. The van der Waals surface area contributed by atoms with Crippen LogP contribution in [-0.4, -0.2) is 62.3 Å². The Labute approximate surface area is 106 Å². The highest BCUT2D eigenvalue weighted by Gasteiger charge is 2.25. The molecule has 0 radical (unpaired) electrons. The SMILES string of the molecule is CC(C)C1CCN(CC2CN(C)CCO2)CC1. The Morgan fingerprint density at radius 3 is 2.47 bits per heavy atom.